The molecule has 0 aromatic carbocycles. The molecule has 1 aromatic heterocycles. The molecule has 1 atom stereocenters. The van der Waals surface area contributed by atoms with Gasteiger partial charge in [0.1, 0.15) is 0 Å². The van der Waals surface area contributed by atoms with Gasteiger partial charge < -0.3 is 5.32 Å². The van der Waals surface area contributed by atoms with Crippen LogP contribution in [0.15, 0.2) is 5.38 Å². The van der Waals surface area contributed by atoms with Crippen LogP contribution in [0, 0.1) is 12.8 Å². The fourth-order valence-corrected chi connectivity index (χ4v) is 3.91. The van der Waals surface area contributed by atoms with Crippen LogP contribution in [-0.2, 0) is 6.42 Å². The van der Waals surface area contributed by atoms with Gasteiger partial charge in [-0.05, 0) is 32.2 Å². The SMILES string of the molecule is CCNC(Cc1csc(C)n1)C1CCCCCCC1. The second kappa shape index (κ2) is 8.01. The number of nitrogens with one attached hydrogen (secondary N) is 1. The fourth-order valence-electron chi connectivity index (χ4n) is 3.29. The van der Waals surface area contributed by atoms with E-state index in [-0.39, 0.29) is 0 Å². The first kappa shape index (κ1) is 15.0. The molecule has 0 aliphatic heterocycles. The normalized spacial score (nSPS) is 19.9. The molecular formula is C16H28N2S. The van der Waals surface area contributed by atoms with Crippen molar-refractivity contribution in [3.63, 3.8) is 0 Å². The van der Waals surface area contributed by atoms with Crippen LogP contribution in [0.2, 0.25) is 0 Å². The second-order valence-corrected chi connectivity index (χ2v) is 6.89. The van der Waals surface area contributed by atoms with Crippen LogP contribution in [0.1, 0.15) is 62.6 Å². The molecule has 0 radical (unpaired) electrons. The largest absolute Gasteiger partial charge is 0.314 e. The summed E-state index contributed by atoms with van der Waals surface area (Å²) in [5.74, 6) is 0.849. The first-order valence-corrected chi connectivity index (χ1v) is 8.82. The van der Waals surface area contributed by atoms with Crippen LogP contribution >= 0.6 is 11.3 Å². The van der Waals surface area contributed by atoms with Crippen LogP contribution in [0.5, 0.6) is 0 Å². The maximum Gasteiger partial charge on any atom is 0.0897 e. The Kier molecular flexibility index (Phi) is 6.32. The zero-order valence-corrected chi connectivity index (χ0v) is 13.3. The van der Waals surface area contributed by atoms with Crippen LogP contribution in [0.25, 0.3) is 0 Å². The third-order valence-corrected chi connectivity index (χ3v) is 5.10. The lowest BCUT2D eigenvalue weighted by atomic mass is 9.84. The van der Waals surface area contributed by atoms with Crippen molar-refractivity contribution in [3.8, 4) is 0 Å². The predicted octanol–water partition coefficient (Wildman–Crippen LogP) is 4.33. The van der Waals surface area contributed by atoms with Gasteiger partial charge in [-0.1, -0.05) is 39.0 Å². The summed E-state index contributed by atoms with van der Waals surface area (Å²) in [6.45, 7) is 5.40. The first-order valence-electron chi connectivity index (χ1n) is 7.94. The average molecular weight is 280 g/mol. The van der Waals surface area contributed by atoms with Crippen molar-refractivity contribution in [2.45, 2.75) is 71.3 Å². The molecule has 1 fully saturated rings. The van der Waals surface area contributed by atoms with Crippen LogP contribution < -0.4 is 5.32 Å². The first-order chi connectivity index (χ1) is 9.29. The summed E-state index contributed by atoms with van der Waals surface area (Å²) in [6, 6.07) is 0.629. The number of aryl methyl sites for hydroxylation is 1. The van der Waals surface area contributed by atoms with E-state index in [1.807, 2.05) is 0 Å². The monoisotopic (exact) mass is 280 g/mol. The van der Waals surface area contributed by atoms with Crippen LogP contribution in [-0.4, -0.2) is 17.6 Å². The van der Waals surface area contributed by atoms with E-state index >= 15 is 0 Å². The highest BCUT2D eigenvalue weighted by Crippen LogP contribution is 2.26. The third kappa shape index (κ3) is 4.88. The number of aromatic nitrogens is 1. The van der Waals surface area contributed by atoms with Crippen molar-refractivity contribution < 1.29 is 0 Å². The van der Waals surface area contributed by atoms with Crippen molar-refractivity contribution in [3.05, 3.63) is 16.1 Å². The number of likely N-dealkylation sites (N-methyl/N-ethyl adjacent to an activating group) is 1. The van der Waals surface area contributed by atoms with Gasteiger partial charge in [0.05, 0.1) is 10.7 Å². The Morgan fingerprint density at radius 3 is 2.53 bits per heavy atom. The number of thiazole rings is 1. The van der Waals surface area contributed by atoms with Crippen molar-refractivity contribution in [1.82, 2.24) is 10.3 Å². The number of rotatable bonds is 5. The molecule has 3 heteroatoms. The van der Waals surface area contributed by atoms with E-state index in [4.69, 9.17) is 0 Å². The molecule has 1 unspecified atom stereocenters. The van der Waals surface area contributed by atoms with Crippen LogP contribution in [0.4, 0.5) is 0 Å². The lowest BCUT2D eigenvalue weighted by molar-refractivity contribution is 0.285. The maximum absolute atomic E-state index is 4.65. The lowest BCUT2D eigenvalue weighted by Crippen LogP contribution is -2.38. The molecule has 1 aliphatic rings. The molecule has 0 spiro atoms. The third-order valence-electron chi connectivity index (χ3n) is 4.28. The van der Waals surface area contributed by atoms with Gasteiger partial charge in [-0.2, -0.15) is 0 Å². The zero-order chi connectivity index (χ0) is 13.5. The molecule has 0 bridgehead atoms. The molecule has 2 nitrogen and oxygen atoms in total. The van der Waals surface area contributed by atoms with E-state index in [1.165, 1.54) is 55.6 Å². The molecule has 2 rings (SSSR count). The van der Waals surface area contributed by atoms with Gasteiger partial charge in [0.15, 0.2) is 0 Å². The summed E-state index contributed by atoms with van der Waals surface area (Å²) in [6.07, 6.45) is 11.1. The summed E-state index contributed by atoms with van der Waals surface area (Å²) in [7, 11) is 0. The minimum atomic E-state index is 0.629. The van der Waals surface area contributed by atoms with Crippen LogP contribution in [0.3, 0.4) is 0 Å². The van der Waals surface area contributed by atoms with Crippen molar-refractivity contribution in [1.29, 1.82) is 0 Å². The summed E-state index contributed by atoms with van der Waals surface area (Å²) in [5.41, 5.74) is 1.29. The highest BCUT2D eigenvalue weighted by molar-refractivity contribution is 7.09. The van der Waals surface area contributed by atoms with E-state index < -0.39 is 0 Å². The Bertz CT molecular complexity index is 353. The van der Waals surface area contributed by atoms with Gasteiger partial charge in [0.2, 0.25) is 0 Å². The molecule has 1 aromatic rings. The molecule has 1 saturated carbocycles. The Labute approximate surface area is 122 Å². The molecule has 1 N–H and O–H groups in total. The quantitative estimate of drug-likeness (QED) is 0.868. The zero-order valence-electron chi connectivity index (χ0n) is 12.5. The molecule has 19 heavy (non-hydrogen) atoms. The lowest BCUT2D eigenvalue weighted by Gasteiger charge is -2.29. The van der Waals surface area contributed by atoms with Gasteiger partial charge in [-0.25, -0.2) is 4.98 Å². The van der Waals surface area contributed by atoms with E-state index in [2.05, 4.69) is 29.5 Å². The van der Waals surface area contributed by atoms with Crippen molar-refractivity contribution in [2.24, 2.45) is 5.92 Å². The summed E-state index contributed by atoms with van der Waals surface area (Å²) in [4.78, 5) is 4.65. The Balaban J connectivity index is 1.96. The molecule has 1 aliphatic carbocycles. The molecule has 1 heterocycles. The molecule has 0 saturated heterocycles. The van der Waals surface area contributed by atoms with Gasteiger partial charge >= 0.3 is 0 Å². The Morgan fingerprint density at radius 2 is 1.95 bits per heavy atom. The Hall–Kier alpha value is -0.410. The van der Waals surface area contributed by atoms with Gasteiger partial charge in [0.25, 0.3) is 0 Å². The number of nitrogens with zero attached hydrogens (tertiary/aromatic N) is 1. The summed E-state index contributed by atoms with van der Waals surface area (Å²) < 4.78 is 0. The number of hydrogen-bond donors (Lipinski definition) is 1. The predicted molar refractivity (Wildman–Crippen MR) is 83.8 cm³/mol. The topological polar surface area (TPSA) is 24.9 Å². The van der Waals surface area contributed by atoms with Gasteiger partial charge in [-0.15, -0.1) is 11.3 Å². The summed E-state index contributed by atoms with van der Waals surface area (Å²) in [5, 5.41) is 7.16. The smallest absolute Gasteiger partial charge is 0.0897 e. The van der Waals surface area contributed by atoms with E-state index in [0.29, 0.717) is 6.04 Å². The standard InChI is InChI=1S/C16H28N2S/c1-3-17-16(11-15-12-19-13(2)18-15)14-9-7-5-4-6-8-10-14/h12,14,16-17H,3-11H2,1-2H3. The minimum absolute atomic E-state index is 0.629. The van der Waals surface area contributed by atoms with Crippen molar-refractivity contribution in [2.75, 3.05) is 6.54 Å². The summed E-state index contributed by atoms with van der Waals surface area (Å²) >= 11 is 1.78. The van der Waals surface area contributed by atoms with Gasteiger partial charge in [-0.3, -0.25) is 0 Å². The molecule has 0 amide bonds. The average Bonchev–Trinajstić information content (AvgIpc) is 2.74. The van der Waals surface area contributed by atoms with E-state index in [0.717, 1.165) is 18.9 Å². The van der Waals surface area contributed by atoms with E-state index in [1.54, 1.807) is 11.3 Å². The minimum Gasteiger partial charge on any atom is -0.314 e. The molecular weight excluding hydrogens is 252 g/mol. The van der Waals surface area contributed by atoms with E-state index in [9.17, 15) is 0 Å². The maximum atomic E-state index is 4.65. The number of hydrogen-bond acceptors (Lipinski definition) is 3. The second-order valence-electron chi connectivity index (χ2n) is 5.83. The van der Waals surface area contributed by atoms with Crippen molar-refractivity contribution >= 4 is 11.3 Å². The highest BCUT2D eigenvalue weighted by Gasteiger charge is 2.22. The molecule has 108 valence electrons. The Morgan fingerprint density at radius 1 is 1.26 bits per heavy atom. The highest BCUT2D eigenvalue weighted by atomic mass is 32.1. The fraction of sp³-hybridized carbons (Fsp3) is 0.812. The van der Waals surface area contributed by atoms with Gasteiger partial charge in [0, 0.05) is 17.8 Å².